The molecule has 1 aromatic carbocycles. The zero-order valence-electron chi connectivity index (χ0n) is 15.7. The van der Waals surface area contributed by atoms with Crippen molar-refractivity contribution in [2.45, 2.75) is 27.7 Å². The molecule has 140 valence electrons. The van der Waals surface area contributed by atoms with Crippen LogP contribution in [0.4, 0.5) is 5.13 Å². The van der Waals surface area contributed by atoms with Gasteiger partial charge in [0.05, 0.1) is 22.7 Å². The first-order chi connectivity index (χ1) is 12.9. The van der Waals surface area contributed by atoms with Crippen LogP contribution >= 0.6 is 11.3 Å². The number of aryl methyl sites for hydroxylation is 2. The van der Waals surface area contributed by atoms with E-state index in [0.717, 1.165) is 16.1 Å². The number of rotatable bonds is 5. The Hall–Kier alpha value is -2.93. The third-order valence-corrected chi connectivity index (χ3v) is 5.32. The quantitative estimate of drug-likeness (QED) is 0.636. The lowest BCUT2D eigenvalue weighted by molar-refractivity contribution is 0.0525. The molecule has 0 aliphatic carbocycles. The van der Waals surface area contributed by atoms with Crippen molar-refractivity contribution in [3.63, 3.8) is 0 Å². The van der Waals surface area contributed by atoms with Crippen LogP contribution in [-0.4, -0.2) is 28.5 Å². The van der Waals surface area contributed by atoms with Crippen molar-refractivity contribution in [3.05, 3.63) is 58.5 Å². The smallest absolute Gasteiger partial charge is 0.340 e. The fourth-order valence-corrected chi connectivity index (χ4v) is 3.92. The first kappa shape index (κ1) is 18.8. The first-order valence-corrected chi connectivity index (χ1v) is 9.44. The van der Waals surface area contributed by atoms with Gasteiger partial charge in [-0.3, -0.25) is 10.1 Å². The molecule has 27 heavy (non-hydrogen) atoms. The molecule has 3 aromatic rings. The van der Waals surface area contributed by atoms with E-state index in [9.17, 15) is 9.59 Å². The van der Waals surface area contributed by atoms with Gasteiger partial charge in [0.2, 0.25) is 0 Å². The molecule has 3 rings (SSSR count). The number of anilines is 1. The van der Waals surface area contributed by atoms with E-state index >= 15 is 0 Å². The minimum atomic E-state index is -0.431. The summed E-state index contributed by atoms with van der Waals surface area (Å²) in [5.74, 6) is -0.765. The van der Waals surface area contributed by atoms with E-state index in [1.165, 1.54) is 11.3 Å². The maximum Gasteiger partial charge on any atom is 0.340 e. The number of thiazole rings is 1. The van der Waals surface area contributed by atoms with E-state index in [1.54, 1.807) is 20.8 Å². The number of ether oxygens (including phenoxy) is 1. The molecule has 0 aliphatic rings. The van der Waals surface area contributed by atoms with E-state index in [1.807, 2.05) is 37.3 Å². The maximum absolute atomic E-state index is 12.7. The number of nitrogens with one attached hydrogen (secondary N) is 2. The molecule has 1 amide bonds. The van der Waals surface area contributed by atoms with Gasteiger partial charge in [-0.1, -0.05) is 41.7 Å². The van der Waals surface area contributed by atoms with Gasteiger partial charge in [0, 0.05) is 5.69 Å². The molecule has 0 saturated heterocycles. The summed E-state index contributed by atoms with van der Waals surface area (Å²) in [6.45, 7) is 7.42. The topological polar surface area (TPSA) is 84.1 Å². The number of aromatic nitrogens is 2. The zero-order valence-corrected chi connectivity index (χ0v) is 16.5. The summed E-state index contributed by atoms with van der Waals surface area (Å²) in [5, 5.41) is 3.34. The van der Waals surface area contributed by atoms with Gasteiger partial charge in [0.25, 0.3) is 5.91 Å². The van der Waals surface area contributed by atoms with Gasteiger partial charge in [-0.2, -0.15) is 0 Å². The molecule has 0 spiro atoms. The molecule has 2 heterocycles. The van der Waals surface area contributed by atoms with Crippen molar-refractivity contribution in [1.82, 2.24) is 9.97 Å². The molecule has 2 aromatic heterocycles. The molecule has 2 N–H and O–H groups in total. The second kappa shape index (κ2) is 7.75. The third kappa shape index (κ3) is 3.78. The zero-order chi connectivity index (χ0) is 19.6. The Morgan fingerprint density at radius 2 is 1.89 bits per heavy atom. The summed E-state index contributed by atoms with van der Waals surface area (Å²) in [4.78, 5) is 33.3. The first-order valence-electron chi connectivity index (χ1n) is 8.62. The van der Waals surface area contributed by atoms with Crippen LogP contribution in [0.5, 0.6) is 0 Å². The number of carbonyl (C=O) groups excluding carboxylic acids is 2. The predicted molar refractivity (Wildman–Crippen MR) is 106 cm³/mol. The van der Waals surface area contributed by atoms with Gasteiger partial charge in [-0.15, -0.1) is 0 Å². The number of hydrogen-bond acceptors (Lipinski definition) is 5. The Bertz CT molecular complexity index is 990. The monoisotopic (exact) mass is 383 g/mol. The third-order valence-electron chi connectivity index (χ3n) is 4.20. The average Bonchev–Trinajstić information content (AvgIpc) is 3.15. The van der Waals surface area contributed by atoms with Crippen molar-refractivity contribution in [1.29, 1.82) is 0 Å². The fourth-order valence-electron chi connectivity index (χ4n) is 2.95. The van der Waals surface area contributed by atoms with Gasteiger partial charge < -0.3 is 9.72 Å². The number of benzene rings is 1. The molecular formula is C20H21N3O3S. The number of amides is 1. The molecule has 7 heteroatoms. The molecule has 0 radical (unpaired) electrons. The lowest BCUT2D eigenvalue weighted by Gasteiger charge is -2.03. The highest BCUT2D eigenvalue weighted by Crippen LogP contribution is 2.33. The van der Waals surface area contributed by atoms with Gasteiger partial charge in [-0.05, 0) is 38.8 Å². The lowest BCUT2D eigenvalue weighted by atomic mass is 10.1. The summed E-state index contributed by atoms with van der Waals surface area (Å²) in [6.07, 6.45) is 0. The van der Waals surface area contributed by atoms with Gasteiger partial charge in [0.15, 0.2) is 5.13 Å². The number of aromatic amines is 1. The van der Waals surface area contributed by atoms with Gasteiger partial charge in [-0.25, -0.2) is 9.78 Å². The number of hydrogen-bond donors (Lipinski definition) is 2. The normalized spacial score (nSPS) is 10.7. The van der Waals surface area contributed by atoms with Crippen LogP contribution in [-0.2, 0) is 4.74 Å². The highest BCUT2D eigenvalue weighted by molar-refractivity contribution is 7.19. The van der Waals surface area contributed by atoms with E-state index in [-0.39, 0.29) is 12.5 Å². The number of H-pyrrole nitrogens is 1. The van der Waals surface area contributed by atoms with Crippen molar-refractivity contribution in [2.75, 3.05) is 11.9 Å². The summed E-state index contributed by atoms with van der Waals surface area (Å²) in [7, 11) is 0. The highest BCUT2D eigenvalue weighted by Gasteiger charge is 2.23. The van der Waals surface area contributed by atoms with Crippen molar-refractivity contribution in [3.8, 4) is 10.4 Å². The van der Waals surface area contributed by atoms with Gasteiger partial charge in [0.1, 0.15) is 5.69 Å². The second-order valence-corrected chi connectivity index (χ2v) is 7.10. The fraction of sp³-hybridized carbons (Fsp3) is 0.250. The molecule has 6 nitrogen and oxygen atoms in total. The van der Waals surface area contributed by atoms with Crippen molar-refractivity contribution in [2.24, 2.45) is 0 Å². The SMILES string of the molecule is CCOC(=O)c1c(C)[nH]c(C(=O)Nc2nc(C)c(-c3ccccc3)s2)c1C. The Morgan fingerprint density at radius 3 is 2.56 bits per heavy atom. The minimum Gasteiger partial charge on any atom is -0.462 e. The van der Waals surface area contributed by atoms with Crippen LogP contribution in [0, 0.1) is 20.8 Å². The highest BCUT2D eigenvalue weighted by atomic mass is 32.1. The largest absolute Gasteiger partial charge is 0.462 e. The van der Waals surface area contributed by atoms with Crippen molar-refractivity contribution >= 4 is 28.3 Å². The second-order valence-electron chi connectivity index (χ2n) is 6.10. The summed E-state index contributed by atoms with van der Waals surface area (Å²) in [6, 6.07) is 9.91. The number of nitrogens with zero attached hydrogens (tertiary/aromatic N) is 1. The molecule has 0 fully saturated rings. The lowest BCUT2D eigenvalue weighted by Crippen LogP contribution is -2.14. The number of carbonyl (C=O) groups is 2. The minimum absolute atomic E-state index is 0.283. The predicted octanol–water partition coefficient (Wildman–Crippen LogP) is 4.49. The van der Waals surface area contributed by atoms with E-state index in [0.29, 0.717) is 27.6 Å². The molecule has 0 bridgehead atoms. The molecule has 0 aliphatic heterocycles. The summed E-state index contributed by atoms with van der Waals surface area (Å²) in [5.41, 5.74) is 3.83. The Morgan fingerprint density at radius 1 is 1.19 bits per heavy atom. The van der Waals surface area contributed by atoms with E-state index in [4.69, 9.17) is 4.74 Å². The summed E-state index contributed by atoms with van der Waals surface area (Å²) >= 11 is 1.42. The molecular weight excluding hydrogens is 362 g/mol. The molecule has 0 atom stereocenters. The summed E-state index contributed by atoms with van der Waals surface area (Å²) < 4.78 is 5.07. The molecule has 0 unspecified atom stereocenters. The van der Waals surface area contributed by atoms with Crippen molar-refractivity contribution < 1.29 is 14.3 Å². The number of esters is 1. The standard InChI is InChI=1S/C20H21N3O3S/c1-5-26-19(25)15-11(2)16(21-12(15)3)18(24)23-20-22-13(4)17(27-20)14-9-7-6-8-10-14/h6-10,21H,5H2,1-4H3,(H,22,23,24). The van der Waals surface area contributed by atoms with Crippen LogP contribution in [0.3, 0.4) is 0 Å². The van der Waals surface area contributed by atoms with Crippen LogP contribution in [0.2, 0.25) is 0 Å². The average molecular weight is 383 g/mol. The van der Waals surface area contributed by atoms with Crippen LogP contribution in [0.15, 0.2) is 30.3 Å². The van der Waals surface area contributed by atoms with Crippen LogP contribution in [0.25, 0.3) is 10.4 Å². The van der Waals surface area contributed by atoms with Crippen LogP contribution in [0.1, 0.15) is 44.7 Å². The van der Waals surface area contributed by atoms with E-state index in [2.05, 4.69) is 15.3 Å². The molecule has 0 saturated carbocycles. The van der Waals surface area contributed by atoms with E-state index < -0.39 is 5.97 Å². The Kier molecular flexibility index (Phi) is 5.41. The Labute approximate surface area is 161 Å². The maximum atomic E-state index is 12.7. The van der Waals surface area contributed by atoms with Gasteiger partial charge >= 0.3 is 5.97 Å². The Balaban J connectivity index is 1.85. The van der Waals surface area contributed by atoms with Crippen LogP contribution < -0.4 is 5.32 Å².